The van der Waals surface area contributed by atoms with Gasteiger partial charge in [-0.25, -0.2) is 0 Å². The van der Waals surface area contributed by atoms with Gasteiger partial charge in [0.2, 0.25) is 0 Å². The minimum absolute atomic E-state index is 0.171. The SMILES string of the molecule is OC(Cc1ccccc1Br)(C1CCOCC1)C1CN(Cc2ccccc2)CCO1. The maximum absolute atomic E-state index is 12.1. The molecule has 0 amide bonds. The van der Waals surface area contributed by atoms with Crippen molar-refractivity contribution in [1.29, 1.82) is 0 Å². The molecule has 0 spiro atoms. The fourth-order valence-electron chi connectivity index (χ4n) is 4.66. The number of hydrogen-bond donors (Lipinski definition) is 1. The third kappa shape index (κ3) is 5.09. The van der Waals surface area contributed by atoms with Crippen molar-refractivity contribution in [2.75, 3.05) is 32.9 Å². The molecule has 2 aromatic rings. The van der Waals surface area contributed by atoms with Crippen LogP contribution in [0.15, 0.2) is 59.1 Å². The first-order valence-electron chi connectivity index (χ1n) is 10.6. The van der Waals surface area contributed by atoms with Gasteiger partial charge in [-0.2, -0.15) is 0 Å². The quantitative estimate of drug-likeness (QED) is 0.707. The Bertz CT molecular complexity index is 781. The maximum atomic E-state index is 12.1. The summed E-state index contributed by atoms with van der Waals surface area (Å²) >= 11 is 3.67. The van der Waals surface area contributed by atoms with Gasteiger partial charge in [0.1, 0.15) is 0 Å². The van der Waals surface area contributed by atoms with Crippen LogP contribution in [0.4, 0.5) is 0 Å². The van der Waals surface area contributed by atoms with Gasteiger partial charge < -0.3 is 14.6 Å². The molecule has 2 aliphatic heterocycles. The molecule has 29 heavy (non-hydrogen) atoms. The maximum Gasteiger partial charge on any atom is 0.0995 e. The highest BCUT2D eigenvalue weighted by Gasteiger charge is 2.47. The molecule has 2 fully saturated rings. The number of aliphatic hydroxyl groups is 1. The molecule has 0 saturated carbocycles. The number of halogens is 1. The van der Waals surface area contributed by atoms with Crippen molar-refractivity contribution in [3.8, 4) is 0 Å². The van der Waals surface area contributed by atoms with Crippen LogP contribution in [0.2, 0.25) is 0 Å². The smallest absolute Gasteiger partial charge is 0.0995 e. The minimum Gasteiger partial charge on any atom is -0.386 e. The molecule has 2 unspecified atom stereocenters. The second kappa shape index (κ2) is 9.71. The van der Waals surface area contributed by atoms with Crippen LogP contribution >= 0.6 is 15.9 Å². The Balaban J connectivity index is 1.55. The van der Waals surface area contributed by atoms with E-state index in [1.54, 1.807) is 0 Å². The topological polar surface area (TPSA) is 41.9 Å². The van der Waals surface area contributed by atoms with Crippen molar-refractivity contribution in [3.05, 3.63) is 70.2 Å². The second-order valence-corrected chi connectivity index (χ2v) is 9.08. The molecule has 2 aromatic carbocycles. The van der Waals surface area contributed by atoms with E-state index in [4.69, 9.17) is 9.47 Å². The molecule has 2 aliphatic rings. The number of benzene rings is 2. The Labute approximate surface area is 182 Å². The van der Waals surface area contributed by atoms with Crippen molar-refractivity contribution in [1.82, 2.24) is 4.90 Å². The Hall–Kier alpha value is -1.24. The van der Waals surface area contributed by atoms with Crippen molar-refractivity contribution in [2.24, 2.45) is 5.92 Å². The lowest BCUT2D eigenvalue weighted by Crippen LogP contribution is -2.59. The third-order valence-electron chi connectivity index (χ3n) is 6.32. The summed E-state index contributed by atoms with van der Waals surface area (Å²) in [7, 11) is 0. The van der Waals surface area contributed by atoms with E-state index in [9.17, 15) is 5.11 Å². The van der Waals surface area contributed by atoms with E-state index < -0.39 is 5.60 Å². The molecule has 156 valence electrons. The van der Waals surface area contributed by atoms with Crippen LogP contribution in [-0.4, -0.2) is 54.6 Å². The normalized spacial score (nSPS) is 23.6. The summed E-state index contributed by atoms with van der Waals surface area (Å²) in [6.45, 7) is 4.60. The van der Waals surface area contributed by atoms with Crippen molar-refractivity contribution >= 4 is 15.9 Å². The number of rotatable bonds is 6. The van der Waals surface area contributed by atoms with Gasteiger partial charge in [-0.15, -0.1) is 0 Å². The van der Waals surface area contributed by atoms with E-state index in [2.05, 4.69) is 51.2 Å². The Morgan fingerprint density at radius 3 is 2.48 bits per heavy atom. The van der Waals surface area contributed by atoms with E-state index in [1.807, 2.05) is 24.3 Å². The summed E-state index contributed by atoms with van der Waals surface area (Å²) in [5.74, 6) is 0.171. The third-order valence-corrected chi connectivity index (χ3v) is 7.09. The number of ether oxygens (including phenoxy) is 2. The standard InChI is InChI=1S/C24H30BrNO3/c25-22-9-5-4-8-20(22)16-24(27,21-10-13-28-14-11-21)23-18-26(12-15-29-23)17-19-6-2-1-3-7-19/h1-9,21,23,27H,10-18H2. The van der Waals surface area contributed by atoms with Gasteiger partial charge in [-0.05, 0) is 36.0 Å². The number of nitrogens with zero attached hydrogens (tertiary/aromatic N) is 1. The fourth-order valence-corrected chi connectivity index (χ4v) is 5.08. The van der Waals surface area contributed by atoms with Crippen LogP contribution in [0.25, 0.3) is 0 Å². The highest BCUT2D eigenvalue weighted by molar-refractivity contribution is 9.10. The van der Waals surface area contributed by atoms with Crippen LogP contribution < -0.4 is 0 Å². The predicted octanol–water partition coefficient (Wildman–Crippen LogP) is 4.05. The van der Waals surface area contributed by atoms with Crippen LogP contribution in [-0.2, 0) is 22.4 Å². The number of hydrogen-bond acceptors (Lipinski definition) is 4. The average Bonchev–Trinajstić information content (AvgIpc) is 2.77. The molecule has 0 radical (unpaired) electrons. The van der Waals surface area contributed by atoms with Crippen LogP contribution in [0.5, 0.6) is 0 Å². The van der Waals surface area contributed by atoms with Crippen molar-refractivity contribution in [2.45, 2.75) is 37.5 Å². The molecule has 2 saturated heterocycles. The molecule has 0 aliphatic carbocycles. The summed E-state index contributed by atoms with van der Waals surface area (Å²) in [4.78, 5) is 2.41. The van der Waals surface area contributed by atoms with E-state index in [-0.39, 0.29) is 12.0 Å². The molecule has 0 bridgehead atoms. The Morgan fingerprint density at radius 1 is 1.00 bits per heavy atom. The summed E-state index contributed by atoms with van der Waals surface area (Å²) in [6.07, 6.45) is 2.12. The van der Waals surface area contributed by atoms with Crippen molar-refractivity contribution in [3.63, 3.8) is 0 Å². The molecule has 5 heteroatoms. The summed E-state index contributed by atoms with van der Waals surface area (Å²) in [6, 6.07) is 18.7. The van der Waals surface area contributed by atoms with Gasteiger partial charge in [0.05, 0.1) is 18.3 Å². The molecular weight excluding hydrogens is 430 g/mol. The summed E-state index contributed by atoms with van der Waals surface area (Å²) < 4.78 is 12.9. The fraction of sp³-hybridized carbons (Fsp3) is 0.500. The zero-order chi connectivity index (χ0) is 20.1. The molecule has 4 nitrogen and oxygen atoms in total. The van der Waals surface area contributed by atoms with Crippen LogP contribution in [0.1, 0.15) is 24.0 Å². The Morgan fingerprint density at radius 2 is 1.72 bits per heavy atom. The highest BCUT2D eigenvalue weighted by Crippen LogP contribution is 2.37. The first-order valence-corrected chi connectivity index (χ1v) is 11.4. The summed E-state index contributed by atoms with van der Waals surface area (Å²) in [5.41, 5.74) is 1.52. The van der Waals surface area contributed by atoms with Gasteiger partial charge in [0, 0.05) is 43.7 Å². The average molecular weight is 460 g/mol. The molecule has 0 aromatic heterocycles. The van der Waals surface area contributed by atoms with Crippen LogP contribution in [0.3, 0.4) is 0 Å². The highest BCUT2D eigenvalue weighted by atomic mass is 79.9. The van der Waals surface area contributed by atoms with E-state index in [1.165, 1.54) is 5.56 Å². The van der Waals surface area contributed by atoms with Gasteiger partial charge in [-0.1, -0.05) is 64.5 Å². The van der Waals surface area contributed by atoms with Gasteiger partial charge in [0.25, 0.3) is 0 Å². The van der Waals surface area contributed by atoms with Crippen molar-refractivity contribution < 1.29 is 14.6 Å². The van der Waals surface area contributed by atoms with Gasteiger partial charge in [-0.3, -0.25) is 4.90 Å². The first-order chi connectivity index (χ1) is 14.1. The van der Waals surface area contributed by atoms with Gasteiger partial charge >= 0.3 is 0 Å². The lowest BCUT2D eigenvalue weighted by atomic mass is 9.74. The van der Waals surface area contributed by atoms with E-state index >= 15 is 0 Å². The molecular formula is C24H30BrNO3. The zero-order valence-electron chi connectivity index (χ0n) is 16.8. The van der Waals surface area contributed by atoms with E-state index in [0.717, 1.165) is 42.5 Å². The number of morpholine rings is 1. The largest absolute Gasteiger partial charge is 0.386 e. The lowest BCUT2D eigenvalue weighted by molar-refractivity contribution is -0.181. The van der Waals surface area contributed by atoms with E-state index in [0.29, 0.717) is 26.2 Å². The van der Waals surface area contributed by atoms with Crippen LogP contribution in [0, 0.1) is 5.92 Å². The molecule has 2 heterocycles. The molecule has 2 atom stereocenters. The second-order valence-electron chi connectivity index (χ2n) is 8.23. The molecule has 4 rings (SSSR count). The monoisotopic (exact) mass is 459 g/mol. The zero-order valence-corrected chi connectivity index (χ0v) is 18.4. The minimum atomic E-state index is -0.914. The van der Waals surface area contributed by atoms with Gasteiger partial charge in [0.15, 0.2) is 0 Å². The Kier molecular flexibility index (Phi) is 7.04. The predicted molar refractivity (Wildman–Crippen MR) is 118 cm³/mol. The lowest BCUT2D eigenvalue weighted by Gasteiger charge is -2.47. The summed E-state index contributed by atoms with van der Waals surface area (Å²) in [5, 5.41) is 12.1. The molecule has 1 N–H and O–H groups in total. The first kappa shape index (κ1) is 21.0.